The number of carbonyl (C=O) groups is 2. The minimum atomic E-state index is -0.968. The van der Waals surface area contributed by atoms with E-state index < -0.39 is 17.7 Å². The lowest BCUT2D eigenvalue weighted by molar-refractivity contribution is -0.132. The topological polar surface area (TPSA) is 107 Å². The summed E-state index contributed by atoms with van der Waals surface area (Å²) in [4.78, 5) is 33.6. The number of ether oxygens (including phenoxy) is 4. The van der Waals surface area contributed by atoms with Crippen molar-refractivity contribution in [3.8, 4) is 23.0 Å². The van der Waals surface area contributed by atoms with E-state index in [1.807, 2.05) is 19.1 Å². The van der Waals surface area contributed by atoms with E-state index >= 15 is 0 Å². The fourth-order valence-electron chi connectivity index (χ4n) is 5.49. The van der Waals surface area contributed by atoms with Gasteiger partial charge in [0, 0.05) is 12.0 Å². The van der Waals surface area contributed by atoms with Crippen molar-refractivity contribution in [3.63, 3.8) is 0 Å². The van der Waals surface area contributed by atoms with Crippen LogP contribution in [0, 0.1) is 0 Å². The van der Waals surface area contributed by atoms with Crippen molar-refractivity contribution in [1.82, 2.24) is 4.98 Å². The molecule has 1 fully saturated rings. The molecule has 10 heteroatoms. The van der Waals surface area contributed by atoms with Crippen LogP contribution >= 0.6 is 11.3 Å². The Morgan fingerprint density at radius 3 is 2.67 bits per heavy atom. The average Bonchev–Trinajstić information content (AvgIpc) is 3.68. The molecule has 3 heterocycles. The molecule has 0 unspecified atom stereocenters. The van der Waals surface area contributed by atoms with Crippen LogP contribution in [0.2, 0.25) is 0 Å². The van der Waals surface area contributed by atoms with Gasteiger partial charge in [0.1, 0.15) is 23.4 Å². The first-order valence-corrected chi connectivity index (χ1v) is 15.0. The fraction of sp³-hybridized carbons (Fsp3) is 0.303. The van der Waals surface area contributed by atoms with E-state index in [1.54, 1.807) is 49.6 Å². The molecule has 3 aromatic carbocycles. The quantitative estimate of drug-likeness (QED) is 0.101. The Hall–Kier alpha value is -4.57. The summed E-state index contributed by atoms with van der Waals surface area (Å²) in [5.41, 5.74) is 2.55. The summed E-state index contributed by atoms with van der Waals surface area (Å²) in [5.74, 6) is 0.560. The van der Waals surface area contributed by atoms with Crippen molar-refractivity contribution in [2.75, 3.05) is 25.7 Å². The van der Waals surface area contributed by atoms with Gasteiger partial charge >= 0.3 is 5.91 Å². The number of benzene rings is 3. The van der Waals surface area contributed by atoms with Crippen molar-refractivity contribution in [2.24, 2.45) is 0 Å². The van der Waals surface area contributed by atoms with Crippen LogP contribution in [-0.2, 0) is 16.0 Å². The van der Waals surface area contributed by atoms with Crippen molar-refractivity contribution in [1.29, 1.82) is 0 Å². The highest BCUT2D eigenvalue weighted by Gasteiger charge is 2.48. The number of aliphatic hydroxyl groups excluding tert-OH is 1. The smallest absolute Gasteiger partial charge is 0.301 e. The molecule has 6 rings (SSSR count). The molecule has 0 radical (unpaired) electrons. The minimum absolute atomic E-state index is 0.0150. The van der Waals surface area contributed by atoms with Crippen LogP contribution in [0.25, 0.3) is 16.0 Å². The first-order chi connectivity index (χ1) is 20.8. The molecular weight excluding hydrogens is 568 g/mol. The highest BCUT2D eigenvalue weighted by atomic mass is 32.1. The number of thiazole rings is 1. The van der Waals surface area contributed by atoms with Gasteiger partial charge in [0.2, 0.25) is 0 Å². The Labute approximate surface area is 253 Å². The Balaban J connectivity index is 1.50. The van der Waals surface area contributed by atoms with Crippen LogP contribution in [0.1, 0.15) is 49.4 Å². The molecule has 1 N–H and O–H groups in total. The Morgan fingerprint density at radius 1 is 1.07 bits per heavy atom. The number of anilines is 1. The third kappa shape index (κ3) is 5.16. The number of Topliss-reactive ketones (excluding diaryl/α,β-unsaturated/α-hetero) is 1. The Morgan fingerprint density at radius 2 is 1.91 bits per heavy atom. The maximum Gasteiger partial charge on any atom is 0.301 e. The lowest BCUT2D eigenvalue weighted by Gasteiger charge is -2.24. The molecule has 0 saturated carbocycles. The average molecular weight is 601 g/mol. The van der Waals surface area contributed by atoms with Crippen LogP contribution in [0.4, 0.5) is 5.13 Å². The number of unbranched alkanes of at least 4 members (excludes halogenated alkanes) is 1. The molecule has 4 aromatic rings. The van der Waals surface area contributed by atoms with Crippen LogP contribution in [0.5, 0.6) is 23.0 Å². The zero-order valence-corrected chi connectivity index (χ0v) is 25.2. The third-order valence-electron chi connectivity index (χ3n) is 7.66. The van der Waals surface area contributed by atoms with E-state index in [1.165, 1.54) is 23.3 Å². The standard InChI is InChI=1S/C33H32N2O7S/c1-5-6-13-41-25-12-7-19(16-26(25)40-4)29-28(30(36)20-8-11-24-21(15-20)14-18(2)42-24)31(37)32(38)35(29)33-34-23-10-9-22(39-3)17-27(23)43-33/h7-12,15-18,29,36H,5-6,13-14H2,1-4H3/t18-,29-/m1/s1. The molecule has 0 aliphatic carbocycles. The van der Waals surface area contributed by atoms with E-state index in [0.717, 1.165) is 28.9 Å². The number of methoxy groups -OCH3 is 2. The van der Waals surface area contributed by atoms with Crippen LogP contribution < -0.4 is 23.8 Å². The summed E-state index contributed by atoms with van der Waals surface area (Å²) in [6.07, 6.45) is 2.57. The maximum atomic E-state index is 13.8. The first kappa shape index (κ1) is 28.5. The van der Waals surface area contributed by atoms with Gasteiger partial charge in [-0.1, -0.05) is 30.7 Å². The van der Waals surface area contributed by atoms with Crippen LogP contribution in [-0.4, -0.2) is 48.7 Å². The lowest BCUT2D eigenvalue weighted by atomic mass is 9.94. The van der Waals surface area contributed by atoms with Gasteiger partial charge in [-0.2, -0.15) is 0 Å². The number of aromatic nitrogens is 1. The summed E-state index contributed by atoms with van der Waals surface area (Å²) in [6, 6.07) is 15.1. The highest BCUT2D eigenvalue weighted by molar-refractivity contribution is 7.22. The zero-order valence-electron chi connectivity index (χ0n) is 24.4. The predicted octanol–water partition coefficient (Wildman–Crippen LogP) is 6.44. The third-order valence-corrected chi connectivity index (χ3v) is 8.68. The summed E-state index contributed by atoms with van der Waals surface area (Å²) in [6.45, 7) is 4.58. The number of fused-ring (bicyclic) bond motifs is 2. The fourth-order valence-corrected chi connectivity index (χ4v) is 6.51. The van der Waals surface area contributed by atoms with Gasteiger partial charge < -0.3 is 24.1 Å². The second-order valence-corrected chi connectivity index (χ2v) is 11.6. The summed E-state index contributed by atoms with van der Waals surface area (Å²) >= 11 is 1.27. The molecule has 1 amide bonds. The zero-order chi connectivity index (χ0) is 30.2. The molecule has 0 spiro atoms. The first-order valence-electron chi connectivity index (χ1n) is 14.2. The summed E-state index contributed by atoms with van der Waals surface area (Å²) < 4.78 is 23.6. The van der Waals surface area contributed by atoms with E-state index in [-0.39, 0.29) is 17.4 Å². The van der Waals surface area contributed by atoms with Crippen molar-refractivity contribution in [3.05, 3.63) is 76.9 Å². The number of rotatable bonds is 9. The van der Waals surface area contributed by atoms with Crippen LogP contribution in [0.3, 0.4) is 0 Å². The largest absolute Gasteiger partial charge is 0.507 e. The predicted molar refractivity (Wildman–Crippen MR) is 165 cm³/mol. The van der Waals surface area contributed by atoms with Gasteiger partial charge in [-0.05, 0) is 73.0 Å². The van der Waals surface area contributed by atoms with Crippen molar-refractivity contribution >= 4 is 44.1 Å². The van der Waals surface area contributed by atoms with Gasteiger partial charge in [-0.15, -0.1) is 0 Å². The molecular formula is C33H32N2O7S. The normalized spacial score (nSPS) is 19.0. The molecule has 222 valence electrons. The molecule has 1 saturated heterocycles. The van der Waals surface area contributed by atoms with Gasteiger partial charge in [-0.3, -0.25) is 14.5 Å². The van der Waals surface area contributed by atoms with Gasteiger partial charge in [-0.25, -0.2) is 4.98 Å². The molecule has 2 aliphatic rings. The number of hydrogen-bond acceptors (Lipinski definition) is 9. The Kier molecular flexibility index (Phi) is 7.70. The van der Waals surface area contributed by atoms with E-state index in [2.05, 4.69) is 6.92 Å². The number of ketones is 1. The number of amides is 1. The molecule has 0 bridgehead atoms. The Bertz CT molecular complexity index is 1760. The maximum absolute atomic E-state index is 13.8. The van der Waals surface area contributed by atoms with E-state index in [0.29, 0.717) is 52.1 Å². The van der Waals surface area contributed by atoms with Crippen molar-refractivity contribution < 1.29 is 33.6 Å². The molecule has 2 atom stereocenters. The monoisotopic (exact) mass is 600 g/mol. The van der Waals surface area contributed by atoms with E-state index in [9.17, 15) is 14.7 Å². The van der Waals surface area contributed by atoms with E-state index in [4.69, 9.17) is 23.9 Å². The minimum Gasteiger partial charge on any atom is -0.507 e. The van der Waals surface area contributed by atoms with Crippen LogP contribution in [0.15, 0.2) is 60.2 Å². The number of nitrogens with zero attached hydrogens (tertiary/aromatic N) is 2. The van der Waals surface area contributed by atoms with Gasteiger partial charge in [0.15, 0.2) is 16.6 Å². The van der Waals surface area contributed by atoms with Gasteiger partial charge in [0.05, 0.1) is 42.7 Å². The number of aliphatic hydroxyl groups is 1. The second-order valence-electron chi connectivity index (χ2n) is 10.6. The number of hydrogen-bond donors (Lipinski definition) is 1. The summed E-state index contributed by atoms with van der Waals surface area (Å²) in [7, 11) is 3.12. The lowest BCUT2D eigenvalue weighted by Crippen LogP contribution is -2.29. The summed E-state index contributed by atoms with van der Waals surface area (Å²) in [5, 5.41) is 12.0. The number of carbonyl (C=O) groups excluding carboxylic acids is 2. The molecule has 2 aliphatic heterocycles. The highest BCUT2D eigenvalue weighted by Crippen LogP contribution is 2.46. The molecule has 9 nitrogen and oxygen atoms in total. The van der Waals surface area contributed by atoms with Gasteiger partial charge in [0.25, 0.3) is 5.78 Å². The molecule has 43 heavy (non-hydrogen) atoms. The van der Waals surface area contributed by atoms with Crippen molar-refractivity contribution in [2.45, 2.75) is 45.3 Å². The SMILES string of the molecule is CCCCOc1ccc([C@@H]2C(=C(O)c3ccc4c(c3)C[C@@H](C)O4)C(=O)C(=O)N2c2nc3ccc(OC)cc3s2)cc1OC. The second kappa shape index (κ2) is 11.6. The molecule has 1 aromatic heterocycles.